The monoisotopic (exact) mass is 494 g/mol. The van der Waals surface area contributed by atoms with Gasteiger partial charge in [-0.05, 0) is 47.1 Å². The third-order valence-electron chi connectivity index (χ3n) is 4.90. The van der Waals surface area contributed by atoms with Crippen LogP contribution in [0.1, 0.15) is 37.0 Å². The van der Waals surface area contributed by atoms with Crippen LogP contribution in [-0.2, 0) is 13.7 Å². The van der Waals surface area contributed by atoms with Crippen molar-refractivity contribution in [2.75, 3.05) is 0 Å². The first-order valence-corrected chi connectivity index (χ1v) is 11.0. The average Bonchev–Trinajstić information content (AvgIpc) is 3.20. The van der Waals surface area contributed by atoms with E-state index >= 15 is 0 Å². The van der Waals surface area contributed by atoms with Crippen LogP contribution in [0.15, 0.2) is 58.2 Å². The van der Waals surface area contributed by atoms with Gasteiger partial charge in [0.1, 0.15) is 22.7 Å². The summed E-state index contributed by atoms with van der Waals surface area (Å²) in [5, 5.41) is 4.30. The molecular weight excluding hydrogens is 472 g/mol. The lowest BCUT2D eigenvalue weighted by molar-refractivity contribution is 0.296. The van der Waals surface area contributed by atoms with Crippen LogP contribution >= 0.6 is 15.9 Å². The van der Waals surface area contributed by atoms with Gasteiger partial charge in [-0.15, -0.1) is 0 Å². The van der Waals surface area contributed by atoms with E-state index in [1.54, 1.807) is 27.7 Å². The van der Waals surface area contributed by atoms with Gasteiger partial charge < -0.3 is 4.74 Å². The molecule has 0 N–H and O–H groups in total. The van der Waals surface area contributed by atoms with Gasteiger partial charge in [-0.25, -0.2) is 9.97 Å². The van der Waals surface area contributed by atoms with Crippen molar-refractivity contribution in [3.05, 3.63) is 81.0 Å². The Morgan fingerprint density at radius 3 is 2.59 bits per heavy atom. The van der Waals surface area contributed by atoms with E-state index < -0.39 is 0 Å². The number of hydrogen-bond donors (Lipinski definition) is 0. The second-order valence-corrected chi connectivity index (χ2v) is 8.52. The fourth-order valence-corrected chi connectivity index (χ4v) is 3.70. The van der Waals surface area contributed by atoms with Crippen LogP contribution < -0.4 is 10.3 Å². The van der Waals surface area contributed by atoms with Gasteiger partial charge in [0.15, 0.2) is 0 Å². The maximum atomic E-state index is 13.2. The van der Waals surface area contributed by atoms with Crippen molar-refractivity contribution >= 4 is 15.9 Å². The lowest BCUT2D eigenvalue weighted by Gasteiger charge is -2.15. The number of aromatic nitrogens is 6. The van der Waals surface area contributed by atoms with Crippen LogP contribution in [0.4, 0.5) is 0 Å². The SMILES string of the molecule is Cc1cc(OCc2ccn(C)n2)c(Br)c(=O)n1-c1ccnc(-c2ccnc(C(C)C)n2)c1. The quantitative estimate of drug-likeness (QED) is 0.399. The molecule has 32 heavy (non-hydrogen) atoms. The van der Waals surface area contributed by atoms with E-state index in [4.69, 9.17) is 4.74 Å². The van der Waals surface area contributed by atoms with Crippen LogP contribution in [0.25, 0.3) is 17.1 Å². The minimum Gasteiger partial charge on any atom is -0.486 e. The molecule has 0 saturated heterocycles. The number of ether oxygens (including phenoxy) is 1. The predicted octanol–water partition coefficient (Wildman–Crippen LogP) is 4.20. The Bertz CT molecular complexity index is 1330. The molecule has 0 bridgehead atoms. The second-order valence-electron chi connectivity index (χ2n) is 7.73. The summed E-state index contributed by atoms with van der Waals surface area (Å²) in [5.41, 5.74) is 3.38. The van der Waals surface area contributed by atoms with Gasteiger partial charge in [0.05, 0.1) is 22.8 Å². The summed E-state index contributed by atoms with van der Waals surface area (Å²) in [6.07, 6.45) is 5.25. The van der Waals surface area contributed by atoms with Crippen molar-refractivity contribution in [2.24, 2.45) is 7.05 Å². The van der Waals surface area contributed by atoms with Gasteiger partial charge in [0, 0.05) is 43.3 Å². The largest absolute Gasteiger partial charge is 0.486 e. The summed E-state index contributed by atoms with van der Waals surface area (Å²) >= 11 is 3.41. The van der Waals surface area contributed by atoms with Crippen LogP contribution in [0.2, 0.25) is 0 Å². The Morgan fingerprint density at radius 2 is 1.88 bits per heavy atom. The standard InChI is InChI=1S/C23H23BrN6O2/c1-14(2)22-26-9-6-18(27-22)19-12-17(5-8-25-19)30-15(3)11-20(21(24)23(30)31)32-13-16-7-10-29(4)28-16/h5-12,14H,13H2,1-4H3. The zero-order valence-electron chi connectivity index (χ0n) is 18.3. The van der Waals surface area contributed by atoms with E-state index in [-0.39, 0.29) is 18.1 Å². The van der Waals surface area contributed by atoms with E-state index in [0.29, 0.717) is 27.3 Å². The number of nitrogens with zero attached hydrogens (tertiary/aromatic N) is 6. The fourth-order valence-electron chi connectivity index (χ4n) is 3.29. The summed E-state index contributed by atoms with van der Waals surface area (Å²) in [4.78, 5) is 26.6. The summed E-state index contributed by atoms with van der Waals surface area (Å²) in [6.45, 7) is 6.22. The zero-order chi connectivity index (χ0) is 22.8. The molecule has 0 unspecified atom stereocenters. The van der Waals surface area contributed by atoms with E-state index in [2.05, 4.69) is 36.0 Å². The van der Waals surface area contributed by atoms with E-state index in [0.717, 1.165) is 17.2 Å². The van der Waals surface area contributed by atoms with Crippen molar-refractivity contribution in [1.29, 1.82) is 0 Å². The van der Waals surface area contributed by atoms with Crippen LogP contribution in [0, 0.1) is 6.92 Å². The molecule has 0 radical (unpaired) electrons. The molecule has 0 aliphatic rings. The van der Waals surface area contributed by atoms with E-state index in [9.17, 15) is 4.79 Å². The minimum absolute atomic E-state index is 0.206. The zero-order valence-corrected chi connectivity index (χ0v) is 19.9. The lowest BCUT2D eigenvalue weighted by atomic mass is 10.2. The fraction of sp³-hybridized carbons (Fsp3) is 0.261. The molecule has 0 aliphatic heterocycles. The number of aryl methyl sites for hydroxylation is 2. The molecule has 0 amide bonds. The maximum absolute atomic E-state index is 13.2. The molecule has 8 nitrogen and oxygen atoms in total. The van der Waals surface area contributed by atoms with Gasteiger partial charge in [-0.2, -0.15) is 5.10 Å². The minimum atomic E-state index is -0.219. The molecule has 4 aromatic heterocycles. The highest BCUT2D eigenvalue weighted by atomic mass is 79.9. The number of rotatable bonds is 6. The number of hydrogen-bond acceptors (Lipinski definition) is 6. The molecule has 0 spiro atoms. The summed E-state index contributed by atoms with van der Waals surface area (Å²) in [5.74, 6) is 1.43. The van der Waals surface area contributed by atoms with Gasteiger partial charge in [-0.1, -0.05) is 13.8 Å². The molecule has 0 saturated carbocycles. The first-order valence-electron chi connectivity index (χ1n) is 10.2. The van der Waals surface area contributed by atoms with E-state index in [1.807, 2.05) is 58.3 Å². The molecule has 0 aromatic carbocycles. The Hall–Kier alpha value is -3.33. The Balaban J connectivity index is 1.68. The van der Waals surface area contributed by atoms with Gasteiger partial charge in [-0.3, -0.25) is 19.0 Å². The smallest absolute Gasteiger partial charge is 0.273 e. The number of halogens is 1. The first-order chi connectivity index (χ1) is 15.3. The Kier molecular flexibility index (Phi) is 6.18. The molecule has 164 valence electrons. The van der Waals surface area contributed by atoms with Gasteiger partial charge >= 0.3 is 0 Å². The molecule has 4 rings (SSSR count). The van der Waals surface area contributed by atoms with Crippen molar-refractivity contribution in [3.63, 3.8) is 0 Å². The maximum Gasteiger partial charge on any atom is 0.273 e. The summed E-state index contributed by atoms with van der Waals surface area (Å²) in [6, 6.07) is 9.16. The van der Waals surface area contributed by atoms with E-state index in [1.165, 1.54) is 0 Å². The highest BCUT2D eigenvalue weighted by molar-refractivity contribution is 9.10. The Morgan fingerprint density at radius 1 is 1.09 bits per heavy atom. The lowest BCUT2D eigenvalue weighted by Crippen LogP contribution is -2.22. The molecule has 4 aromatic rings. The van der Waals surface area contributed by atoms with Crippen LogP contribution in [-0.4, -0.2) is 29.3 Å². The predicted molar refractivity (Wildman–Crippen MR) is 125 cm³/mol. The third kappa shape index (κ3) is 4.47. The second kappa shape index (κ2) is 9.04. The summed E-state index contributed by atoms with van der Waals surface area (Å²) in [7, 11) is 1.85. The molecule has 9 heteroatoms. The first kappa shape index (κ1) is 21.9. The van der Waals surface area contributed by atoms with Crippen molar-refractivity contribution in [2.45, 2.75) is 33.3 Å². The Labute approximate surface area is 194 Å². The highest BCUT2D eigenvalue weighted by Gasteiger charge is 2.15. The molecule has 0 fully saturated rings. The summed E-state index contributed by atoms with van der Waals surface area (Å²) < 4.78 is 9.53. The van der Waals surface area contributed by atoms with Crippen molar-refractivity contribution < 1.29 is 4.74 Å². The van der Waals surface area contributed by atoms with Crippen molar-refractivity contribution in [1.82, 2.24) is 29.3 Å². The third-order valence-corrected chi connectivity index (χ3v) is 5.63. The van der Waals surface area contributed by atoms with Gasteiger partial charge in [0.2, 0.25) is 0 Å². The highest BCUT2D eigenvalue weighted by Crippen LogP contribution is 2.26. The molecule has 0 aliphatic carbocycles. The van der Waals surface area contributed by atoms with Crippen LogP contribution in [0.3, 0.4) is 0 Å². The topological polar surface area (TPSA) is 87.7 Å². The molecule has 4 heterocycles. The normalized spacial score (nSPS) is 11.2. The molecule has 0 atom stereocenters. The number of pyridine rings is 2. The van der Waals surface area contributed by atoms with Crippen molar-refractivity contribution in [3.8, 4) is 22.8 Å². The average molecular weight is 495 g/mol. The van der Waals surface area contributed by atoms with Crippen LogP contribution in [0.5, 0.6) is 5.75 Å². The molecular formula is C23H23BrN6O2. The van der Waals surface area contributed by atoms with Gasteiger partial charge in [0.25, 0.3) is 5.56 Å².